The van der Waals surface area contributed by atoms with Gasteiger partial charge < -0.3 is 34.6 Å². The quantitative estimate of drug-likeness (QED) is 0.207. The molecule has 0 amide bonds. The van der Waals surface area contributed by atoms with Gasteiger partial charge in [0.15, 0.2) is 11.6 Å². The highest BCUT2D eigenvalue weighted by atomic mass is 16.7. The number of aromatic hydroxyl groups is 1. The number of rotatable bonds is 4. The standard InChI is InChI=1S/C33H30O10/c1-14-23(43-33-32(40)31(39)28(36)15(2)41-33)13-21-26(27(14)35)29(37)20-10-11-22(42-16(3)34)24(25(20)30(21)38)19-9-8-17-6-4-5-7-18(17)12-19/h4-7,10-13,15,28,31-33,35-36,39-40H,8-9H2,1-3H3. The van der Waals surface area contributed by atoms with Crippen molar-refractivity contribution in [2.45, 2.75) is 64.3 Å². The molecule has 43 heavy (non-hydrogen) atoms. The van der Waals surface area contributed by atoms with Crippen molar-refractivity contribution in [1.82, 2.24) is 0 Å². The van der Waals surface area contributed by atoms with E-state index in [1.54, 1.807) is 0 Å². The van der Waals surface area contributed by atoms with Crippen molar-refractivity contribution >= 4 is 29.2 Å². The number of allylic oxidation sites excluding steroid dienone is 1. The zero-order valence-electron chi connectivity index (χ0n) is 23.7. The Bertz CT molecular complexity index is 1720. The monoisotopic (exact) mass is 586 g/mol. The minimum Gasteiger partial charge on any atom is -0.507 e. The van der Waals surface area contributed by atoms with Crippen LogP contribution in [-0.4, -0.2) is 68.7 Å². The van der Waals surface area contributed by atoms with E-state index in [0.717, 1.165) is 11.1 Å². The van der Waals surface area contributed by atoms with E-state index in [0.29, 0.717) is 24.0 Å². The van der Waals surface area contributed by atoms with Gasteiger partial charge >= 0.3 is 5.97 Å². The molecule has 3 aromatic carbocycles. The van der Waals surface area contributed by atoms with E-state index in [9.17, 15) is 34.8 Å². The fraction of sp³-hybridized carbons (Fsp3) is 0.303. The predicted molar refractivity (Wildman–Crippen MR) is 153 cm³/mol. The van der Waals surface area contributed by atoms with Gasteiger partial charge in [-0.3, -0.25) is 14.4 Å². The third kappa shape index (κ3) is 4.72. The van der Waals surface area contributed by atoms with E-state index in [1.165, 1.54) is 39.0 Å². The number of ether oxygens (including phenoxy) is 3. The van der Waals surface area contributed by atoms with Gasteiger partial charge in [0.1, 0.15) is 35.6 Å². The Hall–Kier alpha value is -4.35. The van der Waals surface area contributed by atoms with Crippen molar-refractivity contribution in [3.63, 3.8) is 0 Å². The van der Waals surface area contributed by atoms with E-state index in [1.807, 2.05) is 30.3 Å². The average molecular weight is 587 g/mol. The molecular formula is C33H30O10. The average Bonchev–Trinajstić information content (AvgIpc) is 2.99. The molecule has 0 saturated carbocycles. The second-order valence-electron chi connectivity index (χ2n) is 11.1. The number of hydrogen-bond acceptors (Lipinski definition) is 10. The fourth-order valence-corrected chi connectivity index (χ4v) is 5.98. The number of hydrogen-bond donors (Lipinski definition) is 4. The lowest BCUT2D eigenvalue weighted by Gasteiger charge is -2.39. The highest BCUT2D eigenvalue weighted by Crippen LogP contribution is 2.45. The molecule has 3 aliphatic rings. The molecule has 0 aromatic heterocycles. The summed E-state index contributed by atoms with van der Waals surface area (Å²) in [6.07, 6.45) is -3.77. The largest absolute Gasteiger partial charge is 0.507 e. The maximum absolute atomic E-state index is 14.3. The SMILES string of the molecule is CC(=O)Oc1ccc2c(c1C1=Cc3ccccc3CC1)C(=O)c1cc(OC3OC(C)C(O)C(O)C3O)c(C)c(O)c1C2=O. The van der Waals surface area contributed by atoms with Crippen LogP contribution in [0.1, 0.15) is 74.4 Å². The minimum atomic E-state index is -1.64. The van der Waals surface area contributed by atoms with Gasteiger partial charge in [-0.25, -0.2) is 0 Å². The Morgan fingerprint density at radius 1 is 0.884 bits per heavy atom. The predicted octanol–water partition coefficient (Wildman–Crippen LogP) is 3.09. The number of phenols is 1. The van der Waals surface area contributed by atoms with Crippen LogP contribution in [0.2, 0.25) is 0 Å². The van der Waals surface area contributed by atoms with Crippen LogP contribution in [0.3, 0.4) is 0 Å². The minimum absolute atomic E-state index is 0.0391. The smallest absolute Gasteiger partial charge is 0.308 e. The number of aliphatic hydroxyl groups excluding tert-OH is 3. The molecule has 4 N–H and O–H groups in total. The molecule has 1 fully saturated rings. The van der Waals surface area contributed by atoms with Crippen LogP contribution >= 0.6 is 0 Å². The molecule has 5 atom stereocenters. The number of ketones is 2. The molecule has 5 unspecified atom stereocenters. The first-order chi connectivity index (χ1) is 20.5. The molecule has 222 valence electrons. The van der Waals surface area contributed by atoms with Crippen molar-refractivity contribution in [1.29, 1.82) is 0 Å². The first-order valence-corrected chi connectivity index (χ1v) is 13.9. The summed E-state index contributed by atoms with van der Waals surface area (Å²) < 4.78 is 16.9. The second kappa shape index (κ2) is 10.7. The van der Waals surface area contributed by atoms with Crippen LogP contribution in [0.25, 0.3) is 11.6 Å². The van der Waals surface area contributed by atoms with E-state index in [2.05, 4.69) is 0 Å². The van der Waals surface area contributed by atoms with E-state index >= 15 is 0 Å². The summed E-state index contributed by atoms with van der Waals surface area (Å²) in [5.41, 5.74) is 2.96. The van der Waals surface area contributed by atoms with Gasteiger partial charge in [-0.05, 0) is 61.6 Å². The van der Waals surface area contributed by atoms with Crippen molar-refractivity contribution < 1.29 is 49.0 Å². The Morgan fingerprint density at radius 2 is 1.60 bits per heavy atom. The lowest BCUT2D eigenvalue weighted by Crippen LogP contribution is -2.58. The molecule has 0 spiro atoms. The number of phenolic OH excluding ortho intramolecular Hbond substituents is 1. The number of benzene rings is 3. The highest BCUT2D eigenvalue weighted by Gasteiger charge is 2.44. The number of carbonyl (C=O) groups is 3. The Labute approximate surface area is 246 Å². The van der Waals surface area contributed by atoms with Crippen LogP contribution in [0.15, 0.2) is 42.5 Å². The Morgan fingerprint density at radius 3 is 2.35 bits per heavy atom. The summed E-state index contributed by atoms with van der Waals surface area (Å²) in [5.74, 6) is -2.19. The summed E-state index contributed by atoms with van der Waals surface area (Å²) in [5, 5.41) is 41.9. The number of esters is 1. The van der Waals surface area contributed by atoms with Crippen molar-refractivity contribution in [2.24, 2.45) is 0 Å². The van der Waals surface area contributed by atoms with Gasteiger partial charge in [-0.2, -0.15) is 0 Å². The van der Waals surface area contributed by atoms with E-state index in [4.69, 9.17) is 14.2 Å². The number of aliphatic hydroxyl groups is 3. The third-order valence-electron chi connectivity index (χ3n) is 8.29. The molecule has 0 radical (unpaired) electrons. The maximum Gasteiger partial charge on any atom is 0.308 e. The van der Waals surface area contributed by atoms with Gasteiger partial charge in [0, 0.05) is 34.7 Å². The van der Waals surface area contributed by atoms with Gasteiger partial charge in [0.2, 0.25) is 6.29 Å². The summed E-state index contributed by atoms with van der Waals surface area (Å²) in [7, 11) is 0. The number of carbonyl (C=O) groups excluding carboxylic acids is 3. The van der Waals surface area contributed by atoms with Crippen molar-refractivity contribution in [2.75, 3.05) is 0 Å². The maximum atomic E-state index is 14.3. The number of fused-ring (bicyclic) bond motifs is 3. The second-order valence-corrected chi connectivity index (χ2v) is 11.1. The van der Waals surface area contributed by atoms with Gasteiger partial charge in [-0.1, -0.05) is 30.3 Å². The van der Waals surface area contributed by atoms with Crippen molar-refractivity contribution in [3.05, 3.63) is 87.0 Å². The summed E-state index contributed by atoms with van der Waals surface area (Å²) in [6.45, 7) is 4.22. The lowest BCUT2D eigenvalue weighted by atomic mass is 9.77. The lowest BCUT2D eigenvalue weighted by molar-refractivity contribution is -0.268. The molecule has 1 heterocycles. The Balaban J connectivity index is 1.49. The topological polar surface area (TPSA) is 160 Å². The van der Waals surface area contributed by atoms with Crippen LogP contribution in [-0.2, 0) is 16.0 Å². The van der Waals surface area contributed by atoms with Crippen LogP contribution < -0.4 is 9.47 Å². The highest BCUT2D eigenvalue weighted by molar-refractivity contribution is 6.31. The Kier molecular flexibility index (Phi) is 7.18. The molecule has 10 heteroatoms. The van der Waals surface area contributed by atoms with Crippen molar-refractivity contribution in [3.8, 4) is 17.2 Å². The van der Waals surface area contributed by atoms with Gasteiger partial charge in [-0.15, -0.1) is 0 Å². The van der Waals surface area contributed by atoms with Crippen LogP contribution in [0, 0.1) is 6.92 Å². The molecule has 6 rings (SSSR count). The summed E-state index contributed by atoms with van der Waals surface area (Å²) >= 11 is 0. The zero-order chi connectivity index (χ0) is 30.7. The fourth-order valence-electron chi connectivity index (χ4n) is 5.98. The third-order valence-corrected chi connectivity index (χ3v) is 8.29. The van der Waals surface area contributed by atoms with Gasteiger partial charge in [0.25, 0.3) is 0 Å². The molecule has 1 saturated heterocycles. The molecule has 0 bridgehead atoms. The first-order valence-electron chi connectivity index (χ1n) is 13.9. The summed E-state index contributed by atoms with van der Waals surface area (Å²) in [6, 6.07) is 12.0. The molecule has 3 aromatic rings. The van der Waals surface area contributed by atoms with Gasteiger partial charge in [0.05, 0.1) is 11.7 Å². The molecular weight excluding hydrogens is 556 g/mol. The van der Waals surface area contributed by atoms with E-state index < -0.39 is 54.0 Å². The first kappa shape index (κ1) is 28.8. The molecule has 2 aliphatic carbocycles. The molecule has 1 aliphatic heterocycles. The zero-order valence-corrected chi connectivity index (χ0v) is 23.7. The normalized spacial score (nSPS) is 24.4. The van der Waals surface area contributed by atoms with Crippen LogP contribution in [0.5, 0.6) is 17.2 Å². The summed E-state index contributed by atoms with van der Waals surface area (Å²) in [4.78, 5) is 40.2. The van der Waals surface area contributed by atoms with E-state index in [-0.39, 0.29) is 39.3 Å². The van der Waals surface area contributed by atoms with Crippen LogP contribution in [0.4, 0.5) is 0 Å². The number of aryl methyl sites for hydroxylation is 1. The molecule has 10 nitrogen and oxygen atoms in total.